The van der Waals surface area contributed by atoms with Crippen molar-refractivity contribution in [2.24, 2.45) is 0 Å². The maximum atomic E-state index is 12.2. The molecule has 2 N–H and O–H groups in total. The van der Waals surface area contributed by atoms with Crippen LogP contribution in [-0.4, -0.2) is 31.7 Å². The van der Waals surface area contributed by atoms with E-state index in [4.69, 9.17) is 0 Å². The molecular weight excluding hydrogens is 338 g/mol. The molecule has 0 aliphatic rings. The van der Waals surface area contributed by atoms with Crippen LogP contribution in [0, 0.1) is 0 Å². The third kappa shape index (κ3) is 4.39. The lowest BCUT2D eigenvalue weighted by molar-refractivity contribution is 0.0952. The Labute approximate surface area is 146 Å². The van der Waals surface area contributed by atoms with Gasteiger partial charge in [-0.05, 0) is 41.8 Å². The minimum Gasteiger partial charge on any atom is -0.350 e. The first-order valence-electron chi connectivity index (χ1n) is 7.82. The number of hydrogen-bond donors (Lipinski definition) is 2. The van der Waals surface area contributed by atoms with Gasteiger partial charge in [-0.1, -0.05) is 18.2 Å². The lowest BCUT2D eigenvalue weighted by Gasteiger charge is -2.09. The highest BCUT2D eigenvalue weighted by atomic mass is 32.2. The standard InChI is InChI=1S/C18H19N3O3S/c1-25(23,24)20-16-8-6-15(7-9-16)18(22)19-11-13-21-12-10-14-4-2-3-5-17(14)21/h2-10,12,20H,11,13H2,1H3,(H,19,22). The molecule has 2 aromatic carbocycles. The molecule has 6 nitrogen and oxygen atoms in total. The van der Waals surface area contributed by atoms with E-state index in [0.717, 1.165) is 11.8 Å². The van der Waals surface area contributed by atoms with Crippen LogP contribution < -0.4 is 10.0 Å². The van der Waals surface area contributed by atoms with Crippen LogP contribution in [0.4, 0.5) is 5.69 Å². The van der Waals surface area contributed by atoms with Crippen LogP contribution >= 0.6 is 0 Å². The highest BCUT2D eigenvalue weighted by Crippen LogP contribution is 2.14. The number of benzene rings is 2. The molecule has 0 spiro atoms. The zero-order chi connectivity index (χ0) is 17.9. The maximum Gasteiger partial charge on any atom is 0.251 e. The summed E-state index contributed by atoms with van der Waals surface area (Å²) < 4.78 is 26.8. The number of hydrogen-bond acceptors (Lipinski definition) is 3. The molecule has 0 saturated carbocycles. The molecule has 7 heteroatoms. The van der Waals surface area contributed by atoms with Gasteiger partial charge in [0.05, 0.1) is 6.26 Å². The van der Waals surface area contributed by atoms with Gasteiger partial charge in [0, 0.05) is 36.1 Å². The van der Waals surface area contributed by atoms with Gasteiger partial charge in [-0.15, -0.1) is 0 Å². The number of aromatic nitrogens is 1. The fourth-order valence-corrected chi connectivity index (χ4v) is 3.20. The van der Waals surface area contributed by atoms with E-state index in [9.17, 15) is 13.2 Å². The first kappa shape index (κ1) is 17.0. The van der Waals surface area contributed by atoms with E-state index >= 15 is 0 Å². The Morgan fingerprint density at radius 3 is 2.48 bits per heavy atom. The highest BCUT2D eigenvalue weighted by Gasteiger charge is 2.07. The van der Waals surface area contributed by atoms with Crippen molar-refractivity contribution in [3.8, 4) is 0 Å². The summed E-state index contributed by atoms with van der Waals surface area (Å²) in [4.78, 5) is 12.2. The molecule has 0 aliphatic carbocycles. The molecule has 0 fully saturated rings. The zero-order valence-electron chi connectivity index (χ0n) is 13.8. The predicted molar refractivity (Wildman–Crippen MR) is 99.2 cm³/mol. The van der Waals surface area contributed by atoms with Gasteiger partial charge in [-0.3, -0.25) is 9.52 Å². The molecule has 0 bridgehead atoms. The van der Waals surface area contributed by atoms with Crippen LogP contribution in [0.1, 0.15) is 10.4 Å². The maximum absolute atomic E-state index is 12.2. The predicted octanol–water partition coefficient (Wildman–Crippen LogP) is 2.44. The largest absolute Gasteiger partial charge is 0.350 e. The van der Waals surface area contributed by atoms with Gasteiger partial charge in [-0.2, -0.15) is 0 Å². The molecule has 0 atom stereocenters. The number of para-hydroxylation sites is 1. The summed E-state index contributed by atoms with van der Waals surface area (Å²) in [6.07, 6.45) is 3.08. The smallest absolute Gasteiger partial charge is 0.251 e. The molecular formula is C18H19N3O3S. The fraction of sp³-hybridized carbons (Fsp3) is 0.167. The number of carbonyl (C=O) groups is 1. The molecule has 0 aliphatic heterocycles. The summed E-state index contributed by atoms with van der Waals surface area (Å²) in [6, 6.07) is 16.4. The molecule has 1 heterocycles. The van der Waals surface area contributed by atoms with Gasteiger partial charge in [0.15, 0.2) is 0 Å². The van der Waals surface area contributed by atoms with Crippen molar-refractivity contribution >= 4 is 32.5 Å². The van der Waals surface area contributed by atoms with Crippen molar-refractivity contribution in [2.75, 3.05) is 17.5 Å². The molecule has 3 rings (SSSR count). The van der Waals surface area contributed by atoms with E-state index in [1.54, 1.807) is 24.3 Å². The minimum atomic E-state index is -3.32. The number of fused-ring (bicyclic) bond motifs is 1. The lowest BCUT2D eigenvalue weighted by atomic mass is 10.2. The Bertz CT molecular complexity index is 992. The van der Waals surface area contributed by atoms with E-state index in [1.807, 2.05) is 30.5 Å². The highest BCUT2D eigenvalue weighted by molar-refractivity contribution is 7.92. The van der Waals surface area contributed by atoms with Crippen LogP contribution in [0.15, 0.2) is 60.8 Å². The Morgan fingerprint density at radius 1 is 1.04 bits per heavy atom. The molecule has 0 radical (unpaired) electrons. The van der Waals surface area contributed by atoms with Crippen molar-refractivity contribution in [3.05, 3.63) is 66.4 Å². The number of amides is 1. The number of carbonyl (C=O) groups excluding carboxylic acids is 1. The molecule has 3 aromatic rings. The van der Waals surface area contributed by atoms with E-state index in [1.165, 1.54) is 5.39 Å². The molecule has 1 aromatic heterocycles. The van der Waals surface area contributed by atoms with Gasteiger partial charge in [0.1, 0.15) is 0 Å². The number of rotatable bonds is 6. The van der Waals surface area contributed by atoms with Gasteiger partial charge in [-0.25, -0.2) is 8.42 Å². The molecule has 1 amide bonds. The van der Waals surface area contributed by atoms with Crippen LogP contribution in [-0.2, 0) is 16.6 Å². The third-order valence-electron chi connectivity index (χ3n) is 3.77. The topological polar surface area (TPSA) is 80.2 Å². The SMILES string of the molecule is CS(=O)(=O)Nc1ccc(C(=O)NCCn2ccc3ccccc32)cc1. The van der Waals surface area contributed by atoms with Crippen molar-refractivity contribution in [1.29, 1.82) is 0 Å². The first-order valence-corrected chi connectivity index (χ1v) is 9.71. The second kappa shape index (κ2) is 6.98. The summed E-state index contributed by atoms with van der Waals surface area (Å²) >= 11 is 0. The molecule has 25 heavy (non-hydrogen) atoms. The normalized spacial score (nSPS) is 11.4. The lowest BCUT2D eigenvalue weighted by Crippen LogP contribution is -2.27. The Kier molecular flexibility index (Phi) is 4.76. The van der Waals surface area contributed by atoms with Gasteiger partial charge in [0.2, 0.25) is 10.0 Å². The van der Waals surface area contributed by atoms with E-state index in [-0.39, 0.29) is 5.91 Å². The van der Waals surface area contributed by atoms with Gasteiger partial charge < -0.3 is 9.88 Å². The van der Waals surface area contributed by atoms with E-state index in [2.05, 4.69) is 20.7 Å². The second-order valence-electron chi connectivity index (χ2n) is 5.78. The average molecular weight is 357 g/mol. The first-order chi connectivity index (χ1) is 11.9. The van der Waals surface area contributed by atoms with Crippen molar-refractivity contribution < 1.29 is 13.2 Å². The summed E-state index contributed by atoms with van der Waals surface area (Å²) in [6.45, 7) is 1.17. The zero-order valence-corrected chi connectivity index (χ0v) is 14.6. The van der Waals surface area contributed by atoms with Gasteiger partial charge in [0.25, 0.3) is 5.91 Å². The summed E-state index contributed by atoms with van der Waals surface area (Å²) in [5, 5.41) is 4.04. The Balaban J connectivity index is 1.57. The summed E-state index contributed by atoms with van der Waals surface area (Å²) in [5.74, 6) is -0.192. The molecule has 0 unspecified atom stereocenters. The summed E-state index contributed by atoms with van der Waals surface area (Å²) in [5.41, 5.74) is 2.04. The van der Waals surface area contributed by atoms with Crippen molar-refractivity contribution in [2.45, 2.75) is 6.54 Å². The third-order valence-corrected chi connectivity index (χ3v) is 4.38. The Morgan fingerprint density at radius 2 is 1.76 bits per heavy atom. The number of nitrogens with one attached hydrogen (secondary N) is 2. The van der Waals surface area contributed by atoms with Crippen LogP contribution in [0.3, 0.4) is 0 Å². The number of sulfonamides is 1. The average Bonchev–Trinajstić information content (AvgIpc) is 2.97. The second-order valence-corrected chi connectivity index (χ2v) is 7.52. The molecule has 130 valence electrons. The monoisotopic (exact) mass is 357 g/mol. The summed E-state index contributed by atoms with van der Waals surface area (Å²) in [7, 11) is -3.32. The van der Waals surface area contributed by atoms with Crippen LogP contribution in [0.25, 0.3) is 10.9 Å². The molecule has 0 saturated heterocycles. The van der Waals surface area contributed by atoms with Crippen LogP contribution in [0.2, 0.25) is 0 Å². The van der Waals surface area contributed by atoms with Crippen molar-refractivity contribution in [1.82, 2.24) is 9.88 Å². The van der Waals surface area contributed by atoms with Crippen molar-refractivity contribution in [3.63, 3.8) is 0 Å². The van der Waals surface area contributed by atoms with E-state index < -0.39 is 10.0 Å². The Hall–Kier alpha value is -2.80. The van der Waals surface area contributed by atoms with Gasteiger partial charge >= 0.3 is 0 Å². The van der Waals surface area contributed by atoms with Crippen LogP contribution in [0.5, 0.6) is 0 Å². The quantitative estimate of drug-likeness (QED) is 0.711. The fourth-order valence-electron chi connectivity index (χ4n) is 2.63. The number of anilines is 1. The minimum absolute atomic E-state index is 0.192. The number of nitrogens with zero attached hydrogens (tertiary/aromatic N) is 1. The van der Waals surface area contributed by atoms with E-state index in [0.29, 0.717) is 24.3 Å².